The van der Waals surface area contributed by atoms with E-state index in [9.17, 15) is 4.79 Å². The molecule has 0 saturated carbocycles. The minimum atomic E-state index is -0.386. The van der Waals surface area contributed by atoms with Gasteiger partial charge in [0.05, 0.1) is 17.1 Å². The number of aliphatic imine (C=N–C) groups is 1. The Hall–Kier alpha value is -2.88. The van der Waals surface area contributed by atoms with Crippen molar-refractivity contribution in [3.8, 4) is 0 Å². The zero-order chi connectivity index (χ0) is 13.5. The molecule has 96 valence electrons. The topological polar surface area (TPSA) is 54.6 Å². The van der Waals surface area contributed by atoms with Crippen molar-refractivity contribution in [1.29, 1.82) is 0 Å². The second-order valence-corrected chi connectivity index (χ2v) is 4.57. The average Bonchev–Trinajstić information content (AvgIpc) is 2.67. The first kappa shape index (κ1) is 11.0. The third kappa shape index (κ3) is 1.55. The Morgan fingerprint density at radius 3 is 2.75 bits per heavy atom. The van der Waals surface area contributed by atoms with Gasteiger partial charge < -0.3 is 9.73 Å². The zero-order valence-electron chi connectivity index (χ0n) is 10.5. The molecule has 1 aromatic heterocycles. The SMILES string of the molecule is O=c1oc2ccccc2c2c1C=Nc1ccccc1N2. The van der Waals surface area contributed by atoms with E-state index < -0.39 is 0 Å². The summed E-state index contributed by atoms with van der Waals surface area (Å²) in [4.78, 5) is 16.4. The normalized spacial score (nSPS) is 12.4. The van der Waals surface area contributed by atoms with Crippen molar-refractivity contribution in [3.63, 3.8) is 0 Å². The van der Waals surface area contributed by atoms with E-state index in [0.29, 0.717) is 11.1 Å². The van der Waals surface area contributed by atoms with Crippen molar-refractivity contribution in [1.82, 2.24) is 0 Å². The molecule has 4 rings (SSSR count). The number of rotatable bonds is 0. The maximum atomic E-state index is 12.1. The maximum absolute atomic E-state index is 12.1. The van der Waals surface area contributed by atoms with E-state index >= 15 is 0 Å². The number of fused-ring (bicyclic) bond motifs is 4. The highest BCUT2D eigenvalue weighted by Gasteiger charge is 2.16. The molecule has 0 fully saturated rings. The lowest BCUT2D eigenvalue weighted by molar-refractivity contribution is 0.560. The first-order valence-electron chi connectivity index (χ1n) is 6.29. The summed E-state index contributed by atoms with van der Waals surface area (Å²) in [6, 6.07) is 15.1. The fraction of sp³-hybridized carbons (Fsp3) is 0. The highest BCUT2D eigenvalue weighted by molar-refractivity contribution is 6.04. The fourth-order valence-corrected chi connectivity index (χ4v) is 2.38. The van der Waals surface area contributed by atoms with E-state index in [1.165, 1.54) is 0 Å². The van der Waals surface area contributed by atoms with E-state index in [4.69, 9.17) is 4.42 Å². The predicted octanol–water partition coefficient (Wildman–Crippen LogP) is 3.60. The lowest BCUT2D eigenvalue weighted by atomic mass is 10.1. The van der Waals surface area contributed by atoms with Gasteiger partial charge in [0.2, 0.25) is 0 Å². The third-order valence-corrected chi connectivity index (χ3v) is 3.34. The van der Waals surface area contributed by atoms with Crippen LogP contribution >= 0.6 is 0 Å². The van der Waals surface area contributed by atoms with Crippen molar-refractivity contribution in [3.05, 3.63) is 64.5 Å². The van der Waals surface area contributed by atoms with Crippen LogP contribution in [-0.2, 0) is 0 Å². The molecule has 0 spiro atoms. The number of nitrogens with one attached hydrogen (secondary N) is 1. The predicted molar refractivity (Wildman–Crippen MR) is 79.5 cm³/mol. The summed E-state index contributed by atoms with van der Waals surface area (Å²) >= 11 is 0. The van der Waals surface area contributed by atoms with Crippen LogP contribution in [-0.4, -0.2) is 6.21 Å². The van der Waals surface area contributed by atoms with Crippen molar-refractivity contribution in [2.45, 2.75) is 0 Å². The van der Waals surface area contributed by atoms with Gasteiger partial charge >= 0.3 is 5.63 Å². The van der Waals surface area contributed by atoms with Crippen molar-refractivity contribution < 1.29 is 4.42 Å². The second kappa shape index (κ2) is 4.06. The third-order valence-electron chi connectivity index (χ3n) is 3.34. The Balaban J connectivity index is 2.09. The molecular formula is C16H10N2O2. The molecule has 0 unspecified atom stereocenters. The lowest BCUT2D eigenvalue weighted by Gasteiger charge is -2.10. The van der Waals surface area contributed by atoms with E-state index in [-0.39, 0.29) is 5.63 Å². The average molecular weight is 262 g/mol. The summed E-state index contributed by atoms with van der Waals surface area (Å²) in [6.45, 7) is 0. The molecule has 4 heteroatoms. The Morgan fingerprint density at radius 2 is 1.80 bits per heavy atom. The van der Waals surface area contributed by atoms with Crippen LogP contribution in [0.3, 0.4) is 0 Å². The molecule has 1 N–H and O–H groups in total. The van der Waals surface area contributed by atoms with Gasteiger partial charge in [-0.3, -0.25) is 4.99 Å². The summed E-state index contributed by atoms with van der Waals surface area (Å²) in [7, 11) is 0. The Kier molecular flexibility index (Phi) is 2.23. The molecular weight excluding hydrogens is 252 g/mol. The van der Waals surface area contributed by atoms with E-state index in [2.05, 4.69) is 10.3 Å². The number of benzene rings is 2. The molecule has 1 aliphatic heterocycles. The van der Waals surface area contributed by atoms with Gasteiger partial charge in [-0.25, -0.2) is 4.79 Å². The van der Waals surface area contributed by atoms with Gasteiger partial charge in [-0.15, -0.1) is 0 Å². The molecule has 0 bridgehead atoms. The molecule has 2 heterocycles. The minimum Gasteiger partial charge on any atom is -0.422 e. The molecule has 0 radical (unpaired) electrons. The molecule has 0 amide bonds. The summed E-state index contributed by atoms with van der Waals surface area (Å²) in [6.07, 6.45) is 1.56. The lowest BCUT2D eigenvalue weighted by Crippen LogP contribution is -2.09. The molecule has 20 heavy (non-hydrogen) atoms. The maximum Gasteiger partial charge on any atom is 0.347 e. The summed E-state index contributed by atoms with van der Waals surface area (Å²) in [5, 5.41) is 4.17. The Bertz CT molecular complexity index is 910. The van der Waals surface area contributed by atoms with E-state index in [1.54, 1.807) is 12.3 Å². The fourth-order valence-electron chi connectivity index (χ4n) is 2.38. The van der Waals surface area contributed by atoms with Crippen LogP contribution in [0.4, 0.5) is 17.1 Å². The molecule has 0 saturated heterocycles. The molecule has 3 aromatic rings. The van der Waals surface area contributed by atoms with Gasteiger partial charge in [0, 0.05) is 11.6 Å². The molecule has 2 aromatic carbocycles. The van der Waals surface area contributed by atoms with E-state index in [1.807, 2.05) is 42.5 Å². The van der Waals surface area contributed by atoms with Crippen LogP contribution in [0.25, 0.3) is 11.0 Å². The van der Waals surface area contributed by atoms with Crippen LogP contribution in [0.15, 0.2) is 62.7 Å². The van der Waals surface area contributed by atoms with Crippen LogP contribution < -0.4 is 10.9 Å². The largest absolute Gasteiger partial charge is 0.422 e. The number of anilines is 2. The molecule has 0 aliphatic carbocycles. The molecule has 1 aliphatic rings. The Morgan fingerprint density at radius 1 is 1.00 bits per heavy atom. The number of nitrogens with zero attached hydrogens (tertiary/aromatic N) is 1. The van der Waals surface area contributed by atoms with Crippen LogP contribution in [0, 0.1) is 0 Å². The monoisotopic (exact) mass is 262 g/mol. The van der Waals surface area contributed by atoms with Gasteiger partial charge in [0.15, 0.2) is 0 Å². The van der Waals surface area contributed by atoms with Gasteiger partial charge in [-0.05, 0) is 24.3 Å². The molecule has 0 atom stereocenters. The highest BCUT2D eigenvalue weighted by Crippen LogP contribution is 2.34. The molecule has 4 nitrogen and oxygen atoms in total. The van der Waals surface area contributed by atoms with Gasteiger partial charge in [0.1, 0.15) is 11.1 Å². The Labute approximate surface area is 114 Å². The van der Waals surface area contributed by atoms with Crippen LogP contribution in [0.1, 0.15) is 5.56 Å². The van der Waals surface area contributed by atoms with Gasteiger partial charge in [-0.2, -0.15) is 0 Å². The van der Waals surface area contributed by atoms with E-state index in [0.717, 1.165) is 22.4 Å². The minimum absolute atomic E-state index is 0.386. The second-order valence-electron chi connectivity index (χ2n) is 4.57. The van der Waals surface area contributed by atoms with Crippen molar-refractivity contribution >= 4 is 34.2 Å². The van der Waals surface area contributed by atoms with Crippen LogP contribution in [0.5, 0.6) is 0 Å². The van der Waals surface area contributed by atoms with Gasteiger partial charge in [0.25, 0.3) is 0 Å². The standard InChI is InChI=1S/C16H10N2O2/c19-16-11-9-17-12-6-2-3-7-13(12)18-15(11)10-5-1-4-8-14(10)20-16/h1-9,18H. The first-order chi connectivity index (χ1) is 9.83. The first-order valence-corrected chi connectivity index (χ1v) is 6.29. The van der Waals surface area contributed by atoms with Crippen molar-refractivity contribution in [2.24, 2.45) is 4.99 Å². The number of hydrogen-bond acceptors (Lipinski definition) is 4. The smallest absolute Gasteiger partial charge is 0.347 e. The summed E-state index contributed by atoms with van der Waals surface area (Å²) < 4.78 is 5.33. The zero-order valence-corrected chi connectivity index (χ0v) is 10.5. The quantitative estimate of drug-likeness (QED) is 0.492. The summed E-state index contributed by atoms with van der Waals surface area (Å²) in [5.41, 5.74) is 3.04. The number of hydrogen-bond donors (Lipinski definition) is 1. The van der Waals surface area contributed by atoms with Crippen LogP contribution in [0.2, 0.25) is 0 Å². The van der Waals surface area contributed by atoms with Gasteiger partial charge in [-0.1, -0.05) is 24.3 Å². The number of para-hydroxylation sites is 3. The highest BCUT2D eigenvalue weighted by atomic mass is 16.4. The summed E-state index contributed by atoms with van der Waals surface area (Å²) in [5.74, 6) is 0. The van der Waals surface area contributed by atoms with Crippen molar-refractivity contribution in [2.75, 3.05) is 5.32 Å².